The molecule has 0 spiro atoms. The van der Waals surface area contributed by atoms with Gasteiger partial charge in [0.2, 0.25) is 17.7 Å². The smallest absolute Gasteiger partial charge is 0.240 e. The van der Waals surface area contributed by atoms with E-state index in [2.05, 4.69) is 5.32 Å². The van der Waals surface area contributed by atoms with Gasteiger partial charge in [-0.3, -0.25) is 24.2 Å². The number of likely N-dealkylation sites (N-methyl/N-ethyl adjacent to an activating group) is 1. The van der Waals surface area contributed by atoms with Crippen molar-refractivity contribution in [1.82, 2.24) is 15.1 Å². The van der Waals surface area contributed by atoms with E-state index >= 15 is 0 Å². The summed E-state index contributed by atoms with van der Waals surface area (Å²) in [6.45, 7) is 0.158. The fourth-order valence-corrected chi connectivity index (χ4v) is 3.82. The standard InChI is InChI=1S/C18H25N3O4/c1-20(2)14(15-8-5-9-25-15)10-19-16(22)11-21-17(23)12-6-3-4-7-13(12)18(21)24/h5,8-9,12-14H,3-4,6-7,10-11H2,1-2H3,(H,19,22)/t12-,13-,14-/m1/s1. The number of nitrogens with one attached hydrogen (secondary N) is 1. The largest absolute Gasteiger partial charge is 0.468 e. The third-order valence-corrected chi connectivity index (χ3v) is 5.22. The summed E-state index contributed by atoms with van der Waals surface area (Å²) >= 11 is 0. The van der Waals surface area contributed by atoms with Gasteiger partial charge in [0.05, 0.1) is 24.1 Å². The summed E-state index contributed by atoms with van der Waals surface area (Å²) in [5.41, 5.74) is 0. The Kier molecular flexibility index (Phi) is 5.22. The van der Waals surface area contributed by atoms with Crippen LogP contribution in [-0.2, 0) is 14.4 Å². The van der Waals surface area contributed by atoms with E-state index in [1.54, 1.807) is 12.3 Å². The fourth-order valence-electron chi connectivity index (χ4n) is 3.82. The van der Waals surface area contributed by atoms with Crippen molar-refractivity contribution < 1.29 is 18.8 Å². The van der Waals surface area contributed by atoms with E-state index in [4.69, 9.17) is 4.42 Å². The second-order valence-corrected chi connectivity index (χ2v) is 7.06. The number of nitrogens with zero attached hydrogens (tertiary/aromatic N) is 2. The third kappa shape index (κ3) is 3.61. The van der Waals surface area contributed by atoms with Crippen molar-refractivity contribution in [2.24, 2.45) is 11.8 Å². The number of imide groups is 1. The number of fused-ring (bicyclic) bond motifs is 1. The average Bonchev–Trinajstić information content (AvgIpc) is 3.19. The van der Waals surface area contributed by atoms with Gasteiger partial charge in [-0.2, -0.15) is 0 Å². The van der Waals surface area contributed by atoms with Crippen LogP contribution in [0.15, 0.2) is 22.8 Å². The monoisotopic (exact) mass is 347 g/mol. The van der Waals surface area contributed by atoms with Crippen LogP contribution >= 0.6 is 0 Å². The van der Waals surface area contributed by atoms with Crippen molar-refractivity contribution in [3.8, 4) is 0 Å². The van der Waals surface area contributed by atoms with Gasteiger partial charge in [0.1, 0.15) is 12.3 Å². The highest BCUT2D eigenvalue weighted by Crippen LogP contribution is 2.37. The number of carbonyl (C=O) groups is 3. The summed E-state index contributed by atoms with van der Waals surface area (Å²) in [6, 6.07) is 3.55. The Hall–Kier alpha value is -2.15. The molecule has 1 saturated heterocycles. The zero-order valence-electron chi connectivity index (χ0n) is 14.7. The Bertz CT molecular complexity index is 617. The maximum Gasteiger partial charge on any atom is 0.240 e. The van der Waals surface area contributed by atoms with E-state index in [1.807, 2.05) is 25.1 Å². The average molecular weight is 347 g/mol. The number of carbonyl (C=O) groups excluding carboxylic acids is 3. The van der Waals surface area contributed by atoms with Crippen LogP contribution in [0, 0.1) is 11.8 Å². The molecule has 1 aromatic rings. The molecule has 0 aromatic carbocycles. The van der Waals surface area contributed by atoms with E-state index < -0.39 is 0 Å². The normalized spacial score (nSPS) is 24.5. The quantitative estimate of drug-likeness (QED) is 0.781. The summed E-state index contributed by atoms with van der Waals surface area (Å²) in [7, 11) is 3.80. The summed E-state index contributed by atoms with van der Waals surface area (Å²) in [4.78, 5) is 40.2. The van der Waals surface area contributed by atoms with Crippen molar-refractivity contribution in [3.63, 3.8) is 0 Å². The van der Waals surface area contributed by atoms with Crippen molar-refractivity contribution in [3.05, 3.63) is 24.2 Å². The molecular formula is C18H25N3O4. The number of rotatable bonds is 6. The van der Waals surface area contributed by atoms with Crippen molar-refractivity contribution in [2.45, 2.75) is 31.7 Å². The highest BCUT2D eigenvalue weighted by Gasteiger charge is 2.48. The molecule has 7 nitrogen and oxygen atoms in total. The third-order valence-electron chi connectivity index (χ3n) is 5.22. The molecule has 136 valence electrons. The second kappa shape index (κ2) is 7.39. The van der Waals surface area contributed by atoms with Gasteiger partial charge in [-0.1, -0.05) is 12.8 Å². The highest BCUT2D eigenvalue weighted by atomic mass is 16.3. The van der Waals surface area contributed by atoms with Gasteiger partial charge < -0.3 is 9.73 Å². The Morgan fingerprint density at radius 3 is 2.44 bits per heavy atom. The first-order valence-corrected chi connectivity index (χ1v) is 8.80. The summed E-state index contributed by atoms with van der Waals surface area (Å²) in [6.07, 6.45) is 5.07. The van der Waals surface area contributed by atoms with E-state index in [9.17, 15) is 14.4 Å². The van der Waals surface area contributed by atoms with E-state index in [0.717, 1.165) is 36.3 Å². The molecule has 1 aromatic heterocycles. The molecule has 2 fully saturated rings. The van der Waals surface area contributed by atoms with Crippen LogP contribution in [0.25, 0.3) is 0 Å². The molecule has 1 saturated carbocycles. The van der Waals surface area contributed by atoms with Crippen LogP contribution in [0.5, 0.6) is 0 Å². The lowest BCUT2D eigenvalue weighted by Crippen LogP contribution is -2.43. The van der Waals surface area contributed by atoms with Crippen LogP contribution < -0.4 is 5.32 Å². The fraction of sp³-hybridized carbons (Fsp3) is 0.611. The van der Waals surface area contributed by atoms with Crippen molar-refractivity contribution in [2.75, 3.05) is 27.2 Å². The minimum atomic E-state index is -0.321. The zero-order chi connectivity index (χ0) is 18.0. The number of likely N-dealkylation sites (tertiary alicyclic amines) is 1. The van der Waals surface area contributed by atoms with Crippen LogP contribution in [0.1, 0.15) is 37.5 Å². The van der Waals surface area contributed by atoms with Gasteiger partial charge in [0, 0.05) is 6.54 Å². The maximum absolute atomic E-state index is 12.4. The van der Waals surface area contributed by atoms with Crippen LogP contribution in [0.4, 0.5) is 0 Å². The van der Waals surface area contributed by atoms with Crippen molar-refractivity contribution >= 4 is 17.7 Å². The number of hydrogen-bond donors (Lipinski definition) is 1. The molecule has 25 heavy (non-hydrogen) atoms. The topological polar surface area (TPSA) is 82.9 Å². The number of furan rings is 1. The molecule has 0 unspecified atom stereocenters. The van der Waals surface area contributed by atoms with Crippen LogP contribution in [0.2, 0.25) is 0 Å². The van der Waals surface area contributed by atoms with Crippen molar-refractivity contribution in [1.29, 1.82) is 0 Å². The summed E-state index contributed by atoms with van der Waals surface area (Å²) in [5.74, 6) is -0.359. The molecule has 2 heterocycles. The lowest BCUT2D eigenvalue weighted by atomic mass is 9.81. The molecule has 1 aliphatic heterocycles. The molecule has 7 heteroatoms. The van der Waals surface area contributed by atoms with Gasteiger partial charge >= 0.3 is 0 Å². The van der Waals surface area contributed by atoms with Crippen LogP contribution in [0.3, 0.4) is 0 Å². The molecule has 3 atom stereocenters. The lowest BCUT2D eigenvalue weighted by Gasteiger charge is -2.23. The first-order valence-electron chi connectivity index (χ1n) is 8.80. The van der Waals surface area contributed by atoms with Gasteiger partial charge in [0.15, 0.2) is 0 Å². The molecule has 3 rings (SSSR count). The molecule has 0 bridgehead atoms. The minimum absolute atomic E-state index is 0.105. The first kappa shape index (κ1) is 17.7. The lowest BCUT2D eigenvalue weighted by molar-refractivity contribution is -0.143. The molecule has 2 aliphatic rings. The number of hydrogen-bond acceptors (Lipinski definition) is 5. The predicted octanol–water partition coefficient (Wildman–Crippen LogP) is 1.17. The first-order chi connectivity index (χ1) is 12.0. The SMILES string of the molecule is CN(C)[C@H](CNC(=O)CN1C(=O)[C@@H]2CCCC[C@H]2C1=O)c1ccco1. The predicted molar refractivity (Wildman–Crippen MR) is 90.3 cm³/mol. The van der Waals surface area contributed by atoms with E-state index in [1.165, 1.54) is 0 Å². The van der Waals surface area contributed by atoms with E-state index in [-0.39, 0.29) is 42.1 Å². The molecular weight excluding hydrogens is 322 g/mol. The van der Waals surface area contributed by atoms with Gasteiger partial charge in [-0.25, -0.2) is 0 Å². The maximum atomic E-state index is 12.4. The second-order valence-electron chi connectivity index (χ2n) is 7.06. The molecule has 0 radical (unpaired) electrons. The zero-order valence-corrected chi connectivity index (χ0v) is 14.7. The van der Waals surface area contributed by atoms with Gasteiger partial charge in [-0.15, -0.1) is 0 Å². The van der Waals surface area contributed by atoms with Gasteiger partial charge in [0.25, 0.3) is 0 Å². The molecule has 3 amide bonds. The highest BCUT2D eigenvalue weighted by molar-refractivity contribution is 6.07. The Labute approximate surface area is 147 Å². The van der Waals surface area contributed by atoms with Gasteiger partial charge in [-0.05, 0) is 39.1 Å². The minimum Gasteiger partial charge on any atom is -0.468 e. The Balaban J connectivity index is 1.57. The summed E-state index contributed by atoms with van der Waals surface area (Å²) in [5, 5.41) is 2.81. The Morgan fingerprint density at radius 1 is 1.28 bits per heavy atom. The Morgan fingerprint density at radius 2 is 1.92 bits per heavy atom. The molecule has 1 aliphatic carbocycles. The molecule has 1 N–H and O–H groups in total. The van der Waals surface area contributed by atoms with Crippen LogP contribution in [-0.4, -0.2) is 54.7 Å². The number of amides is 3. The van der Waals surface area contributed by atoms with E-state index in [0.29, 0.717) is 6.54 Å². The summed E-state index contributed by atoms with van der Waals surface area (Å²) < 4.78 is 5.41.